The minimum atomic E-state index is -4.48. The third-order valence-corrected chi connectivity index (χ3v) is 6.45. The second-order valence-corrected chi connectivity index (χ2v) is 8.64. The van der Waals surface area contributed by atoms with Crippen LogP contribution in [-0.4, -0.2) is 42.0 Å². The zero-order chi connectivity index (χ0) is 24.0. The molecule has 1 N–H and O–H groups in total. The molecule has 1 aromatic heterocycles. The first-order valence-corrected chi connectivity index (χ1v) is 11.6. The summed E-state index contributed by atoms with van der Waals surface area (Å²) in [6, 6.07) is 9.03. The number of hydrogen-bond acceptors (Lipinski definition) is 4. The van der Waals surface area contributed by atoms with Crippen LogP contribution in [0.2, 0.25) is 5.02 Å². The van der Waals surface area contributed by atoms with Gasteiger partial charge in [0.1, 0.15) is 5.82 Å². The largest absolute Gasteiger partial charge is 0.417 e. The van der Waals surface area contributed by atoms with E-state index in [2.05, 4.69) is 35.1 Å². The molecule has 1 amide bonds. The zero-order valence-electron chi connectivity index (χ0n) is 19.0. The number of hydrogen-bond donors (Lipinski definition) is 1. The Morgan fingerprint density at radius 3 is 2.39 bits per heavy atom. The van der Waals surface area contributed by atoms with Gasteiger partial charge in [-0.2, -0.15) is 13.2 Å². The van der Waals surface area contributed by atoms with Crippen molar-refractivity contribution in [2.24, 2.45) is 5.92 Å². The lowest BCUT2D eigenvalue weighted by Gasteiger charge is -2.32. The van der Waals surface area contributed by atoms with Crippen molar-refractivity contribution in [1.29, 1.82) is 0 Å². The van der Waals surface area contributed by atoms with E-state index in [-0.39, 0.29) is 16.8 Å². The molecule has 180 valence electrons. The van der Waals surface area contributed by atoms with Gasteiger partial charge in [0.05, 0.1) is 10.6 Å². The number of carbonyl (C=O) groups is 1. The van der Waals surface area contributed by atoms with E-state index >= 15 is 0 Å². The molecule has 0 spiro atoms. The van der Waals surface area contributed by atoms with Gasteiger partial charge in [0.25, 0.3) is 0 Å². The van der Waals surface area contributed by atoms with Crippen LogP contribution in [-0.2, 0) is 24.1 Å². The summed E-state index contributed by atoms with van der Waals surface area (Å²) >= 11 is 6.07. The van der Waals surface area contributed by atoms with Gasteiger partial charge >= 0.3 is 6.18 Å². The van der Waals surface area contributed by atoms with Crippen LogP contribution in [0.15, 0.2) is 36.5 Å². The van der Waals surface area contributed by atoms with Crippen molar-refractivity contribution in [2.75, 3.05) is 31.1 Å². The molecule has 0 aliphatic carbocycles. The second-order valence-electron chi connectivity index (χ2n) is 8.24. The Balaban J connectivity index is 1.55. The number of nitrogens with one attached hydrogen (secondary N) is 1. The summed E-state index contributed by atoms with van der Waals surface area (Å²) in [5, 5.41) is 3.04. The van der Waals surface area contributed by atoms with E-state index in [1.54, 1.807) is 0 Å². The lowest BCUT2D eigenvalue weighted by molar-refractivity contribution is -0.137. The van der Waals surface area contributed by atoms with Gasteiger partial charge < -0.3 is 10.2 Å². The summed E-state index contributed by atoms with van der Waals surface area (Å²) in [6.07, 6.45) is -2.50. The third-order valence-electron chi connectivity index (χ3n) is 6.17. The number of pyridine rings is 1. The third kappa shape index (κ3) is 6.60. The average molecular weight is 483 g/mol. The number of aromatic nitrogens is 1. The first-order valence-electron chi connectivity index (χ1n) is 11.3. The van der Waals surface area contributed by atoms with Gasteiger partial charge in [-0.05, 0) is 43.1 Å². The highest BCUT2D eigenvalue weighted by molar-refractivity contribution is 6.33. The van der Waals surface area contributed by atoms with Gasteiger partial charge in [-0.1, -0.05) is 49.7 Å². The predicted molar refractivity (Wildman–Crippen MR) is 124 cm³/mol. The summed E-state index contributed by atoms with van der Waals surface area (Å²) in [7, 11) is 0. The Bertz CT molecular complexity index is 942. The fourth-order valence-corrected chi connectivity index (χ4v) is 4.36. The first kappa shape index (κ1) is 25.3. The number of amides is 1. The lowest BCUT2D eigenvalue weighted by Crippen LogP contribution is -2.41. The van der Waals surface area contributed by atoms with Crippen LogP contribution in [0.3, 0.4) is 0 Å². The summed E-state index contributed by atoms with van der Waals surface area (Å²) in [4.78, 5) is 20.9. The molecule has 33 heavy (non-hydrogen) atoms. The molecule has 1 aromatic carbocycles. The molecule has 3 rings (SSSR count). The van der Waals surface area contributed by atoms with Gasteiger partial charge in [-0.15, -0.1) is 0 Å². The van der Waals surface area contributed by atoms with Crippen molar-refractivity contribution < 1.29 is 18.0 Å². The fourth-order valence-electron chi connectivity index (χ4n) is 4.07. The zero-order valence-corrected chi connectivity index (χ0v) is 19.7. The molecular weight excluding hydrogens is 453 g/mol. The maximum Gasteiger partial charge on any atom is 0.417 e. The highest BCUT2D eigenvalue weighted by Gasteiger charge is 2.33. The number of piperidine rings is 1. The molecule has 0 saturated carbocycles. The smallest absolute Gasteiger partial charge is 0.355 e. The van der Waals surface area contributed by atoms with Crippen LogP contribution < -0.4 is 10.2 Å². The number of halogens is 4. The number of rotatable bonds is 8. The summed E-state index contributed by atoms with van der Waals surface area (Å²) in [5.41, 5.74) is 1.45. The molecular formula is C24H30ClF3N4O. The molecule has 5 nitrogen and oxygen atoms in total. The monoisotopic (exact) mass is 482 g/mol. The van der Waals surface area contributed by atoms with Gasteiger partial charge in [0.15, 0.2) is 0 Å². The molecule has 0 unspecified atom stereocenters. The quantitative estimate of drug-likeness (QED) is 0.566. The van der Waals surface area contributed by atoms with E-state index in [9.17, 15) is 18.0 Å². The lowest BCUT2D eigenvalue weighted by atomic mass is 9.95. The summed E-state index contributed by atoms with van der Waals surface area (Å²) in [6.45, 7) is 8.53. The van der Waals surface area contributed by atoms with E-state index in [0.29, 0.717) is 38.3 Å². The Labute approximate surface area is 197 Å². The molecule has 0 radical (unpaired) electrons. The first-order chi connectivity index (χ1) is 15.7. The molecule has 2 heterocycles. The van der Waals surface area contributed by atoms with Crippen LogP contribution in [0.25, 0.3) is 0 Å². The number of nitrogens with zero attached hydrogens (tertiary/aromatic N) is 3. The minimum absolute atomic E-state index is 0.00114. The summed E-state index contributed by atoms with van der Waals surface area (Å²) < 4.78 is 38.5. The molecule has 1 aliphatic heterocycles. The highest BCUT2D eigenvalue weighted by atomic mass is 35.5. The normalized spacial score (nSPS) is 15.2. The minimum Gasteiger partial charge on any atom is -0.355 e. The van der Waals surface area contributed by atoms with Crippen LogP contribution in [0.4, 0.5) is 19.0 Å². The average Bonchev–Trinajstić information content (AvgIpc) is 2.81. The molecule has 1 aliphatic rings. The summed E-state index contributed by atoms with van der Waals surface area (Å²) in [5.74, 6) is 0.178. The number of carbonyl (C=O) groups excluding carboxylic acids is 1. The molecule has 9 heteroatoms. The molecule has 1 saturated heterocycles. The molecule has 1 fully saturated rings. The number of benzene rings is 1. The van der Waals surface area contributed by atoms with E-state index in [1.807, 2.05) is 23.1 Å². The van der Waals surface area contributed by atoms with E-state index in [1.165, 1.54) is 5.56 Å². The van der Waals surface area contributed by atoms with Crippen LogP contribution in [0.1, 0.15) is 43.4 Å². The highest BCUT2D eigenvalue weighted by Crippen LogP contribution is 2.34. The van der Waals surface area contributed by atoms with Crippen LogP contribution in [0.5, 0.6) is 0 Å². The van der Waals surface area contributed by atoms with E-state index < -0.39 is 11.7 Å². The Kier molecular flexibility index (Phi) is 8.59. The second kappa shape index (κ2) is 11.2. The Hall–Kier alpha value is -2.32. The van der Waals surface area contributed by atoms with Crippen molar-refractivity contribution >= 4 is 23.3 Å². The van der Waals surface area contributed by atoms with Crippen LogP contribution in [0, 0.1) is 5.92 Å². The molecule has 0 atom stereocenters. The maximum atomic E-state index is 12.8. The van der Waals surface area contributed by atoms with Crippen molar-refractivity contribution in [2.45, 2.75) is 46.0 Å². The van der Waals surface area contributed by atoms with Crippen molar-refractivity contribution in [3.05, 3.63) is 58.2 Å². The van der Waals surface area contributed by atoms with Crippen LogP contribution >= 0.6 is 11.6 Å². The van der Waals surface area contributed by atoms with E-state index in [4.69, 9.17) is 11.6 Å². The van der Waals surface area contributed by atoms with Crippen molar-refractivity contribution in [3.8, 4) is 0 Å². The Morgan fingerprint density at radius 2 is 1.82 bits per heavy atom. The number of anilines is 1. The Morgan fingerprint density at radius 1 is 1.18 bits per heavy atom. The fraction of sp³-hybridized carbons (Fsp3) is 0.500. The predicted octanol–water partition coefficient (Wildman–Crippen LogP) is 5.13. The van der Waals surface area contributed by atoms with Gasteiger partial charge in [-0.25, -0.2) is 4.98 Å². The van der Waals surface area contributed by atoms with Gasteiger partial charge in [-0.3, -0.25) is 9.69 Å². The van der Waals surface area contributed by atoms with Gasteiger partial charge in [0, 0.05) is 38.3 Å². The molecule has 2 aromatic rings. The van der Waals surface area contributed by atoms with E-state index in [0.717, 1.165) is 37.5 Å². The standard InChI is InChI=1S/C24H30ClF3N4O/c1-3-31(4-2)16-19-8-6-5-7-18(19)14-30-23(33)17-9-11-32(12-10-17)22-21(25)13-20(15-29-22)24(26,27)28/h5-8,13,15,17H,3-4,9-12,14,16H2,1-2H3,(H,30,33). The van der Waals surface area contributed by atoms with Crippen molar-refractivity contribution in [3.63, 3.8) is 0 Å². The maximum absolute atomic E-state index is 12.8. The van der Waals surface area contributed by atoms with Crippen molar-refractivity contribution in [1.82, 2.24) is 15.2 Å². The SMILES string of the molecule is CCN(CC)Cc1ccccc1CNC(=O)C1CCN(c2ncc(C(F)(F)F)cc2Cl)CC1. The molecule has 0 bridgehead atoms. The number of alkyl halides is 3. The topological polar surface area (TPSA) is 48.5 Å². The van der Waals surface area contributed by atoms with Gasteiger partial charge in [0.2, 0.25) is 5.91 Å².